The molecule has 2 fully saturated rings. The number of hydrogen-bond donors (Lipinski definition) is 1. The minimum absolute atomic E-state index is 0.541. The highest BCUT2D eigenvalue weighted by molar-refractivity contribution is 8.00. The Kier molecular flexibility index (Phi) is 2.45. The summed E-state index contributed by atoms with van der Waals surface area (Å²) in [6.07, 6.45) is 5.80. The van der Waals surface area contributed by atoms with Gasteiger partial charge in [0.15, 0.2) is 0 Å². The van der Waals surface area contributed by atoms with Crippen molar-refractivity contribution in [3.8, 4) is 0 Å². The van der Waals surface area contributed by atoms with Crippen molar-refractivity contribution in [3.05, 3.63) is 12.2 Å². The molecule has 74 valence electrons. The molecular weight excluding hydrogens is 180 g/mol. The van der Waals surface area contributed by atoms with Crippen LogP contribution in [-0.4, -0.2) is 21.2 Å². The zero-order chi connectivity index (χ0) is 9.47. The lowest BCUT2D eigenvalue weighted by atomic mass is 9.81. The van der Waals surface area contributed by atoms with Gasteiger partial charge in [0.05, 0.1) is 5.60 Å². The SMILES string of the molecule is C=C(C)C1(O)CC2CCCC(C1)S2. The van der Waals surface area contributed by atoms with E-state index >= 15 is 0 Å². The van der Waals surface area contributed by atoms with Crippen LogP contribution in [0.4, 0.5) is 0 Å². The smallest absolute Gasteiger partial charge is 0.0872 e. The van der Waals surface area contributed by atoms with Crippen LogP contribution in [0.5, 0.6) is 0 Å². The molecule has 2 atom stereocenters. The minimum Gasteiger partial charge on any atom is -0.385 e. The summed E-state index contributed by atoms with van der Waals surface area (Å²) in [6, 6.07) is 0. The fraction of sp³-hybridized carbons (Fsp3) is 0.818. The predicted molar refractivity (Wildman–Crippen MR) is 58.0 cm³/mol. The van der Waals surface area contributed by atoms with E-state index in [1.165, 1.54) is 19.3 Å². The molecule has 0 aromatic carbocycles. The van der Waals surface area contributed by atoms with Gasteiger partial charge in [0.25, 0.3) is 0 Å². The van der Waals surface area contributed by atoms with Gasteiger partial charge in [-0.1, -0.05) is 13.0 Å². The van der Waals surface area contributed by atoms with E-state index in [2.05, 4.69) is 18.3 Å². The average molecular weight is 198 g/mol. The van der Waals surface area contributed by atoms with Crippen molar-refractivity contribution < 1.29 is 5.11 Å². The summed E-state index contributed by atoms with van der Waals surface area (Å²) in [5.74, 6) is 0. The predicted octanol–water partition coefficient (Wildman–Crippen LogP) is 2.74. The maximum Gasteiger partial charge on any atom is 0.0872 e. The van der Waals surface area contributed by atoms with Crippen LogP contribution < -0.4 is 0 Å². The standard InChI is InChI=1S/C11H18OS/c1-8(2)11(12)6-9-4-3-5-10(7-11)13-9/h9-10,12H,1,3-7H2,2H3. The molecule has 2 heterocycles. The van der Waals surface area contributed by atoms with Crippen molar-refractivity contribution in [2.45, 2.75) is 55.1 Å². The van der Waals surface area contributed by atoms with Gasteiger partial charge in [-0.15, -0.1) is 0 Å². The van der Waals surface area contributed by atoms with Gasteiger partial charge in [0, 0.05) is 10.5 Å². The Morgan fingerprint density at radius 3 is 2.38 bits per heavy atom. The molecule has 1 nitrogen and oxygen atoms in total. The Labute approximate surface area is 84.6 Å². The Bertz CT molecular complexity index is 212. The molecular formula is C11H18OS. The normalized spacial score (nSPS) is 44.5. The van der Waals surface area contributed by atoms with Crippen LogP contribution in [0.3, 0.4) is 0 Å². The molecule has 2 heteroatoms. The van der Waals surface area contributed by atoms with Crippen LogP contribution in [0, 0.1) is 0 Å². The monoisotopic (exact) mass is 198 g/mol. The van der Waals surface area contributed by atoms with Crippen molar-refractivity contribution in [3.63, 3.8) is 0 Å². The first kappa shape index (κ1) is 9.60. The molecule has 2 aliphatic heterocycles. The summed E-state index contributed by atoms with van der Waals surface area (Å²) in [5.41, 5.74) is 0.422. The quantitative estimate of drug-likeness (QED) is 0.654. The minimum atomic E-state index is -0.541. The van der Waals surface area contributed by atoms with Crippen molar-refractivity contribution in [1.29, 1.82) is 0 Å². The first-order valence-corrected chi connectivity index (χ1v) is 6.08. The topological polar surface area (TPSA) is 20.2 Å². The molecule has 2 rings (SSSR count). The second-order valence-electron chi connectivity index (χ2n) is 4.53. The maximum absolute atomic E-state index is 10.3. The van der Waals surface area contributed by atoms with E-state index < -0.39 is 5.60 Å². The first-order chi connectivity index (χ1) is 6.10. The molecule has 0 radical (unpaired) electrons. The zero-order valence-corrected chi connectivity index (χ0v) is 9.07. The Balaban J connectivity index is 2.13. The van der Waals surface area contributed by atoms with Gasteiger partial charge in [-0.2, -0.15) is 11.8 Å². The van der Waals surface area contributed by atoms with Crippen molar-refractivity contribution in [2.24, 2.45) is 0 Å². The van der Waals surface area contributed by atoms with Gasteiger partial charge in [0.1, 0.15) is 0 Å². The fourth-order valence-corrected chi connectivity index (χ4v) is 4.36. The molecule has 2 bridgehead atoms. The zero-order valence-electron chi connectivity index (χ0n) is 8.25. The van der Waals surface area contributed by atoms with Crippen molar-refractivity contribution in [1.82, 2.24) is 0 Å². The molecule has 0 aromatic heterocycles. The third-order valence-electron chi connectivity index (χ3n) is 3.36. The van der Waals surface area contributed by atoms with Crippen molar-refractivity contribution in [2.75, 3.05) is 0 Å². The molecule has 1 N–H and O–H groups in total. The largest absolute Gasteiger partial charge is 0.385 e. The van der Waals surface area contributed by atoms with E-state index in [0.717, 1.165) is 18.4 Å². The van der Waals surface area contributed by atoms with Gasteiger partial charge >= 0.3 is 0 Å². The van der Waals surface area contributed by atoms with E-state index in [9.17, 15) is 5.11 Å². The van der Waals surface area contributed by atoms with Gasteiger partial charge in [-0.25, -0.2) is 0 Å². The summed E-state index contributed by atoms with van der Waals surface area (Å²) in [5, 5.41) is 11.7. The molecule has 0 aliphatic carbocycles. The molecule has 0 amide bonds. The summed E-state index contributed by atoms with van der Waals surface area (Å²) in [7, 11) is 0. The third kappa shape index (κ3) is 1.79. The Morgan fingerprint density at radius 1 is 1.38 bits per heavy atom. The van der Waals surface area contributed by atoms with Gasteiger partial charge in [0.2, 0.25) is 0 Å². The van der Waals surface area contributed by atoms with Crippen molar-refractivity contribution >= 4 is 11.8 Å². The molecule has 2 aliphatic rings. The highest BCUT2D eigenvalue weighted by Crippen LogP contribution is 2.47. The van der Waals surface area contributed by atoms with E-state index in [-0.39, 0.29) is 0 Å². The van der Waals surface area contributed by atoms with Crippen LogP contribution in [0.1, 0.15) is 39.0 Å². The van der Waals surface area contributed by atoms with Crippen LogP contribution in [-0.2, 0) is 0 Å². The molecule has 2 saturated heterocycles. The highest BCUT2D eigenvalue weighted by atomic mass is 32.2. The number of hydrogen-bond acceptors (Lipinski definition) is 2. The molecule has 2 unspecified atom stereocenters. The molecule has 0 aromatic rings. The summed E-state index contributed by atoms with van der Waals surface area (Å²) in [6.45, 7) is 5.88. The maximum atomic E-state index is 10.3. The fourth-order valence-electron chi connectivity index (χ4n) is 2.47. The van der Waals surface area contributed by atoms with Crippen LogP contribution in [0.2, 0.25) is 0 Å². The second kappa shape index (κ2) is 3.32. The molecule has 13 heavy (non-hydrogen) atoms. The van der Waals surface area contributed by atoms with Gasteiger partial charge in [-0.3, -0.25) is 0 Å². The lowest BCUT2D eigenvalue weighted by Crippen LogP contribution is -2.43. The second-order valence-corrected chi connectivity index (χ2v) is 6.14. The highest BCUT2D eigenvalue weighted by Gasteiger charge is 2.41. The molecule has 0 spiro atoms. The lowest BCUT2D eigenvalue weighted by molar-refractivity contribution is 0.0490. The van der Waals surface area contributed by atoms with Gasteiger partial charge in [-0.05, 0) is 38.2 Å². The third-order valence-corrected chi connectivity index (χ3v) is 4.94. The number of aliphatic hydroxyl groups is 1. The lowest BCUT2D eigenvalue weighted by Gasteiger charge is -2.44. The summed E-state index contributed by atoms with van der Waals surface area (Å²) >= 11 is 2.09. The number of rotatable bonds is 1. The van der Waals surface area contributed by atoms with E-state index in [1.54, 1.807) is 0 Å². The van der Waals surface area contributed by atoms with Gasteiger partial charge < -0.3 is 5.11 Å². The number of fused-ring (bicyclic) bond motifs is 2. The van der Waals surface area contributed by atoms with E-state index in [1.807, 2.05) is 6.92 Å². The average Bonchev–Trinajstić information content (AvgIpc) is 2.02. The van der Waals surface area contributed by atoms with Crippen LogP contribution >= 0.6 is 11.8 Å². The van der Waals surface area contributed by atoms with Crippen LogP contribution in [0.25, 0.3) is 0 Å². The van der Waals surface area contributed by atoms with E-state index in [0.29, 0.717) is 10.5 Å². The van der Waals surface area contributed by atoms with E-state index in [4.69, 9.17) is 0 Å². The Morgan fingerprint density at radius 2 is 1.92 bits per heavy atom. The van der Waals surface area contributed by atoms with Crippen LogP contribution in [0.15, 0.2) is 12.2 Å². The Hall–Kier alpha value is 0.0500. The number of thioether (sulfide) groups is 1. The summed E-state index contributed by atoms with van der Waals surface area (Å²) < 4.78 is 0. The molecule has 0 saturated carbocycles. The first-order valence-electron chi connectivity index (χ1n) is 5.14. The summed E-state index contributed by atoms with van der Waals surface area (Å²) in [4.78, 5) is 0.